The van der Waals surface area contributed by atoms with Crippen molar-refractivity contribution in [2.75, 3.05) is 0 Å². The monoisotopic (exact) mass is 268 g/mol. The Balaban J connectivity index is 2.83. The Hall–Kier alpha value is -1.63. The zero-order valence-corrected chi connectivity index (χ0v) is 13.4. The summed E-state index contributed by atoms with van der Waals surface area (Å²) in [7, 11) is 0. The fraction of sp³-hybridized carbons (Fsp3) is 0.421. The lowest BCUT2D eigenvalue weighted by Crippen LogP contribution is -2.11. The molecule has 0 unspecified atom stereocenters. The molecule has 0 radical (unpaired) electrons. The highest BCUT2D eigenvalue weighted by molar-refractivity contribution is 5.83. The van der Waals surface area contributed by atoms with Gasteiger partial charge in [-0.15, -0.1) is 0 Å². The van der Waals surface area contributed by atoms with Gasteiger partial charge in [-0.3, -0.25) is 4.79 Å². The van der Waals surface area contributed by atoms with E-state index in [2.05, 4.69) is 53.7 Å². The van der Waals surface area contributed by atoms with Gasteiger partial charge in [0, 0.05) is 5.56 Å². The van der Waals surface area contributed by atoms with Crippen LogP contribution in [0.5, 0.6) is 0 Å². The number of fused-ring (bicyclic) bond motifs is 1. The molecular formula is C19H24O. The molecule has 0 atom stereocenters. The van der Waals surface area contributed by atoms with Crippen molar-refractivity contribution in [1.29, 1.82) is 0 Å². The zero-order chi connectivity index (χ0) is 15.1. The Labute approximate surface area is 122 Å². The van der Waals surface area contributed by atoms with Crippen molar-refractivity contribution in [2.45, 2.75) is 52.4 Å². The largest absolute Gasteiger partial charge is 0.298 e. The molecular weight excluding hydrogens is 244 g/mol. The standard InChI is InChI=1S/C19H24O/c1-18(2,3)16-11-17(19(4,5)6)15-10-13(12-20)8-7-9-14(15)16/h7-12H,1-6H3. The second kappa shape index (κ2) is 4.73. The van der Waals surface area contributed by atoms with E-state index in [1.165, 1.54) is 22.3 Å². The van der Waals surface area contributed by atoms with Gasteiger partial charge < -0.3 is 0 Å². The molecule has 0 aromatic heterocycles. The van der Waals surface area contributed by atoms with Crippen molar-refractivity contribution >= 4 is 6.29 Å². The molecule has 2 aliphatic rings. The third kappa shape index (κ3) is 2.63. The minimum absolute atomic E-state index is 0.0657. The lowest BCUT2D eigenvalue weighted by Gasteiger charge is -2.19. The molecule has 0 heterocycles. The van der Waals surface area contributed by atoms with Crippen LogP contribution in [0.2, 0.25) is 0 Å². The third-order valence-corrected chi connectivity index (χ3v) is 3.77. The van der Waals surface area contributed by atoms with E-state index >= 15 is 0 Å². The lowest BCUT2D eigenvalue weighted by atomic mass is 9.85. The maximum Gasteiger partial charge on any atom is 0.150 e. The van der Waals surface area contributed by atoms with E-state index in [-0.39, 0.29) is 10.8 Å². The molecule has 1 nitrogen and oxygen atoms in total. The van der Waals surface area contributed by atoms with E-state index in [0.717, 1.165) is 11.8 Å². The van der Waals surface area contributed by atoms with Gasteiger partial charge >= 0.3 is 0 Å². The van der Waals surface area contributed by atoms with Gasteiger partial charge in [-0.1, -0.05) is 65.8 Å². The molecule has 0 bridgehead atoms. The van der Waals surface area contributed by atoms with Gasteiger partial charge in [0.05, 0.1) is 0 Å². The summed E-state index contributed by atoms with van der Waals surface area (Å²) in [6.07, 6.45) is 0.926. The molecule has 2 rings (SSSR count). The van der Waals surface area contributed by atoms with E-state index < -0.39 is 0 Å². The molecule has 0 fully saturated rings. The Bertz CT molecular complexity index is 609. The summed E-state index contributed by atoms with van der Waals surface area (Å²) in [6, 6.07) is 10.3. The van der Waals surface area contributed by atoms with Crippen molar-refractivity contribution in [3.8, 4) is 11.1 Å². The van der Waals surface area contributed by atoms with Crippen LogP contribution in [0.15, 0.2) is 30.3 Å². The van der Waals surface area contributed by atoms with Gasteiger partial charge in [0.15, 0.2) is 0 Å². The third-order valence-electron chi connectivity index (χ3n) is 3.77. The van der Waals surface area contributed by atoms with Gasteiger partial charge in [0.25, 0.3) is 0 Å². The predicted octanol–water partition coefficient (Wildman–Crippen LogP) is 5.20. The highest BCUT2D eigenvalue weighted by Crippen LogP contribution is 2.43. The van der Waals surface area contributed by atoms with Crippen LogP contribution in [-0.4, -0.2) is 6.29 Å². The van der Waals surface area contributed by atoms with Crippen LogP contribution in [0.25, 0.3) is 11.1 Å². The van der Waals surface area contributed by atoms with Gasteiger partial charge in [-0.25, -0.2) is 0 Å². The smallest absolute Gasteiger partial charge is 0.150 e. The number of rotatable bonds is 1. The minimum atomic E-state index is 0.0657. The average molecular weight is 268 g/mol. The second-order valence-electron chi connectivity index (χ2n) is 7.59. The van der Waals surface area contributed by atoms with Gasteiger partial charge in [-0.05, 0) is 39.2 Å². The molecule has 0 amide bonds. The maximum atomic E-state index is 11.2. The van der Waals surface area contributed by atoms with Crippen LogP contribution in [-0.2, 0) is 10.8 Å². The number of aldehydes is 1. The summed E-state index contributed by atoms with van der Waals surface area (Å²) >= 11 is 0. The van der Waals surface area contributed by atoms with Crippen LogP contribution in [0.3, 0.4) is 0 Å². The number of carbonyl (C=O) groups is 1. The molecule has 0 saturated heterocycles. The van der Waals surface area contributed by atoms with Gasteiger partial charge in [0.2, 0.25) is 0 Å². The number of hydrogen-bond acceptors (Lipinski definition) is 1. The van der Waals surface area contributed by atoms with Crippen LogP contribution < -0.4 is 0 Å². The Morgan fingerprint density at radius 3 is 1.85 bits per heavy atom. The van der Waals surface area contributed by atoms with E-state index in [0.29, 0.717) is 0 Å². The lowest BCUT2D eigenvalue weighted by molar-refractivity contribution is 0.112. The minimum Gasteiger partial charge on any atom is -0.298 e. The molecule has 0 aromatic carbocycles. The first-order valence-electron chi connectivity index (χ1n) is 7.17. The summed E-state index contributed by atoms with van der Waals surface area (Å²) in [5, 5.41) is 0. The SMILES string of the molecule is CC(C)(C)c1cc(C(C)(C)C)c2cc(C=O)cccc1-2. The quantitative estimate of drug-likeness (QED) is 0.650. The van der Waals surface area contributed by atoms with Crippen LogP contribution in [0.4, 0.5) is 0 Å². The molecule has 2 aliphatic carbocycles. The van der Waals surface area contributed by atoms with E-state index in [1.807, 2.05) is 18.2 Å². The maximum absolute atomic E-state index is 11.2. The average Bonchev–Trinajstić information content (AvgIpc) is 2.54. The van der Waals surface area contributed by atoms with Crippen LogP contribution in [0, 0.1) is 0 Å². The molecule has 1 heteroatoms. The summed E-state index contributed by atoms with van der Waals surface area (Å²) in [4.78, 5) is 11.2. The first-order valence-corrected chi connectivity index (χ1v) is 7.17. The summed E-state index contributed by atoms with van der Waals surface area (Å²) in [6.45, 7) is 13.4. The Morgan fingerprint density at radius 2 is 1.35 bits per heavy atom. The highest BCUT2D eigenvalue weighted by Gasteiger charge is 2.28. The topological polar surface area (TPSA) is 17.1 Å². The number of hydrogen-bond donors (Lipinski definition) is 0. The van der Waals surface area contributed by atoms with Crippen molar-refractivity contribution < 1.29 is 4.79 Å². The molecule has 0 aliphatic heterocycles. The first-order chi connectivity index (χ1) is 9.14. The molecule has 0 spiro atoms. The fourth-order valence-electron chi connectivity index (χ4n) is 2.71. The molecule has 0 N–H and O–H groups in total. The second-order valence-corrected chi connectivity index (χ2v) is 7.59. The van der Waals surface area contributed by atoms with Crippen molar-refractivity contribution in [1.82, 2.24) is 0 Å². The molecule has 106 valence electrons. The normalized spacial score (nSPS) is 12.7. The van der Waals surface area contributed by atoms with Gasteiger partial charge in [0.1, 0.15) is 6.29 Å². The van der Waals surface area contributed by atoms with E-state index in [9.17, 15) is 4.79 Å². The van der Waals surface area contributed by atoms with E-state index in [4.69, 9.17) is 0 Å². The molecule has 20 heavy (non-hydrogen) atoms. The zero-order valence-electron chi connectivity index (χ0n) is 13.4. The Morgan fingerprint density at radius 1 is 0.800 bits per heavy atom. The van der Waals surface area contributed by atoms with Crippen molar-refractivity contribution in [3.63, 3.8) is 0 Å². The number of carbonyl (C=O) groups excluding carboxylic acids is 1. The predicted molar refractivity (Wildman–Crippen MR) is 85.9 cm³/mol. The summed E-state index contributed by atoms with van der Waals surface area (Å²) in [5.41, 5.74) is 6.03. The summed E-state index contributed by atoms with van der Waals surface area (Å²) in [5.74, 6) is 0. The van der Waals surface area contributed by atoms with E-state index in [1.54, 1.807) is 0 Å². The highest BCUT2D eigenvalue weighted by atomic mass is 16.1. The van der Waals surface area contributed by atoms with Crippen LogP contribution in [0.1, 0.15) is 63.0 Å². The summed E-state index contributed by atoms with van der Waals surface area (Å²) < 4.78 is 0. The van der Waals surface area contributed by atoms with Crippen molar-refractivity contribution in [3.05, 3.63) is 47.0 Å². The first kappa shape index (κ1) is 14.8. The van der Waals surface area contributed by atoms with Gasteiger partial charge in [-0.2, -0.15) is 0 Å². The van der Waals surface area contributed by atoms with Crippen LogP contribution >= 0.6 is 0 Å². The molecule has 0 aromatic rings. The fourth-order valence-corrected chi connectivity index (χ4v) is 2.71. The van der Waals surface area contributed by atoms with Crippen molar-refractivity contribution in [2.24, 2.45) is 0 Å². The Kier molecular flexibility index (Phi) is 3.49. The molecule has 0 saturated carbocycles.